The summed E-state index contributed by atoms with van der Waals surface area (Å²) in [5.74, 6) is -0.187. The molecule has 0 radical (unpaired) electrons. The van der Waals surface area contributed by atoms with Crippen molar-refractivity contribution in [2.45, 2.75) is 19.4 Å². The highest BCUT2D eigenvalue weighted by Gasteiger charge is 2.13. The molecule has 0 fully saturated rings. The summed E-state index contributed by atoms with van der Waals surface area (Å²) in [7, 11) is 1.68. The largest absolute Gasteiger partial charge is 0.399 e. The highest BCUT2D eigenvalue weighted by Crippen LogP contribution is 2.06. The van der Waals surface area contributed by atoms with E-state index < -0.39 is 6.10 Å². The predicted octanol–water partition coefficient (Wildman–Crippen LogP) is 0.507. The molecular formula is C11H17N3O2. The first-order valence-corrected chi connectivity index (χ1v) is 5.15. The van der Waals surface area contributed by atoms with Crippen molar-refractivity contribution in [1.82, 2.24) is 9.88 Å². The Kier molecular flexibility index (Phi) is 4.25. The van der Waals surface area contributed by atoms with Crippen LogP contribution in [0.4, 0.5) is 5.69 Å². The van der Waals surface area contributed by atoms with E-state index in [-0.39, 0.29) is 5.91 Å². The Balaban J connectivity index is 2.63. The molecule has 1 aromatic rings. The quantitative estimate of drug-likeness (QED) is 0.779. The number of hydrogen-bond donors (Lipinski definition) is 2. The van der Waals surface area contributed by atoms with Crippen LogP contribution in [-0.2, 0) is 0 Å². The van der Waals surface area contributed by atoms with Gasteiger partial charge in [-0.25, -0.2) is 0 Å². The number of aliphatic hydroxyl groups excluding tert-OH is 1. The first kappa shape index (κ1) is 12.4. The molecule has 1 heterocycles. The summed E-state index contributed by atoms with van der Waals surface area (Å²) < 4.78 is 0. The number of carbonyl (C=O) groups is 1. The Labute approximate surface area is 94.9 Å². The van der Waals surface area contributed by atoms with Crippen molar-refractivity contribution in [3.63, 3.8) is 0 Å². The number of aromatic nitrogens is 1. The second-order valence-corrected chi connectivity index (χ2v) is 3.84. The molecule has 0 aliphatic heterocycles. The van der Waals surface area contributed by atoms with E-state index in [9.17, 15) is 4.79 Å². The normalized spacial score (nSPS) is 12.2. The number of rotatable bonds is 4. The minimum Gasteiger partial charge on any atom is -0.399 e. The summed E-state index contributed by atoms with van der Waals surface area (Å²) in [4.78, 5) is 17.3. The summed E-state index contributed by atoms with van der Waals surface area (Å²) in [5, 5.41) is 9.12. The Bertz CT molecular complexity index is 366. The number of nitrogen functional groups attached to an aromatic ring is 1. The first-order chi connectivity index (χ1) is 7.50. The standard InChI is InChI=1S/C11H17N3O2/c1-8(15)4-6-14(2)11(16)10-7-9(12)3-5-13-10/h3,5,7-8,15H,4,6H2,1-2H3,(H2,12,13). The fourth-order valence-corrected chi connectivity index (χ4v) is 1.24. The maximum absolute atomic E-state index is 11.8. The van der Waals surface area contributed by atoms with Crippen molar-refractivity contribution in [1.29, 1.82) is 0 Å². The lowest BCUT2D eigenvalue weighted by Gasteiger charge is -2.17. The Hall–Kier alpha value is -1.62. The topological polar surface area (TPSA) is 79.5 Å². The van der Waals surface area contributed by atoms with Crippen molar-refractivity contribution in [3.8, 4) is 0 Å². The zero-order chi connectivity index (χ0) is 12.1. The molecule has 3 N–H and O–H groups in total. The van der Waals surface area contributed by atoms with Crippen LogP contribution in [0.2, 0.25) is 0 Å². The van der Waals surface area contributed by atoms with E-state index >= 15 is 0 Å². The molecule has 0 bridgehead atoms. The molecule has 0 saturated carbocycles. The van der Waals surface area contributed by atoms with Crippen LogP contribution in [0.25, 0.3) is 0 Å². The molecule has 1 unspecified atom stereocenters. The molecule has 5 heteroatoms. The molecule has 1 amide bonds. The number of pyridine rings is 1. The summed E-state index contributed by atoms with van der Waals surface area (Å²) in [5.41, 5.74) is 6.41. The van der Waals surface area contributed by atoms with Gasteiger partial charge in [0.15, 0.2) is 0 Å². The maximum Gasteiger partial charge on any atom is 0.272 e. The van der Waals surface area contributed by atoms with Crippen LogP contribution < -0.4 is 5.73 Å². The average molecular weight is 223 g/mol. The summed E-state index contributed by atoms with van der Waals surface area (Å²) in [6.45, 7) is 2.18. The molecule has 5 nitrogen and oxygen atoms in total. The van der Waals surface area contributed by atoms with Crippen LogP contribution in [0, 0.1) is 0 Å². The van der Waals surface area contributed by atoms with E-state index in [1.807, 2.05) is 0 Å². The number of anilines is 1. The third-order valence-electron chi connectivity index (χ3n) is 2.23. The van der Waals surface area contributed by atoms with Crippen molar-refractivity contribution in [3.05, 3.63) is 24.0 Å². The fourth-order valence-electron chi connectivity index (χ4n) is 1.24. The van der Waals surface area contributed by atoms with Crippen molar-refractivity contribution in [2.75, 3.05) is 19.3 Å². The van der Waals surface area contributed by atoms with Crippen LogP contribution >= 0.6 is 0 Å². The van der Waals surface area contributed by atoms with Crippen molar-refractivity contribution in [2.24, 2.45) is 0 Å². The van der Waals surface area contributed by atoms with Gasteiger partial charge in [0.2, 0.25) is 0 Å². The second kappa shape index (κ2) is 5.46. The van der Waals surface area contributed by atoms with Gasteiger partial charge in [-0.3, -0.25) is 9.78 Å². The smallest absolute Gasteiger partial charge is 0.272 e. The Morgan fingerprint density at radius 2 is 2.38 bits per heavy atom. The molecule has 0 spiro atoms. The lowest BCUT2D eigenvalue weighted by atomic mass is 10.2. The van der Waals surface area contributed by atoms with E-state index in [1.165, 1.54) is 11.1 Å². The molecule has 0 aliphatic rings. The van der Waals surface area contributed by atoms with Gasteiger partial charge in [-0.15, -0.1) is 0 Å². The fraction of sp³-hybridized carbons (Fsp3) is 0.455. The lowest BCUT2D eigenvalue weighted by Crippen LogP contribution is -2.30. The molecule has 0 saturated heterocycles. The SMILES string of the molecule is CC(O)CCN(C)C(=O)c1cc(N)ccn1. The molecule has 16 heavy (non-hydrogen) atoms. The molecule has 1 atom stereocenters. The number of amides is 1. The highest BCUT2D eigenvalue weighted by molar-refractivity contribution is 5.92. The van der Waals surface area contributed by atoms with E-state index in [0.29, 0.717) is 24.3 Å². The number of aliphatic hydroxyl groups is 1. The molecule has 1 rings (SSSR count). The zero-order valence-electron chi connectivity index (χ0n) is 9.55. The Morgan fingerprint density at radius 1 is 1.69 bits per heavy atom. The third-order valence-corrected chi connectivity index (χ3v) is 2.23. The van der Waals surface area contributed by atoms with Gasteiger partial charge in [0.05, 0.1) is 6.10 Å². The van der Waals surface area contributed by atoms with Crippen LogP contribution in [-0.4, -0.2) is 40.6 Å². The summed E-state index contributed by atoms with van der Waals surface area (Å²) in [6, 6.07) is 3.17. The van der Waals surface area contributed by atoms with E-state index in [4.69, 9.17) is 10.8 Å². The van der Waals surface area contributed by atoms with Crippen molar-refractivity contribution >= 4 is 11.6 Å². The first-order valence-electron chi connectivity index (χ1n) is 5.15. The van der Waals surface area contributed by atoms with Gasteiger partial charge < -0.3 is 15.7 Å². The molecule has 0 aliphatic carbocycles. The number of nitrogens with two attached hydrogens (primary N) is 1. The number of hydrogen-bond acceptors (Lipinski definition) is 4. The second-order valence-electron chi connectivity index (χ2n) is 3.84. The van der Waals surface area contributed by atoms with Gasteiger partial charge in [0.25, 0.3) is 5.91 Å². The average Bonchev–Trinajstić information content (AvgIpc) is 2.24. The molecule has 88 valence electrons. The van der Waals surface area contributed by atoms with Gasteiger partial charge in [-0.05, 0) is 25.5 Å². The number of nitrogens with zero attached hydrogens (tertiary/aromatic N) is 2. The predicted molar refractivity (Wildman–Crippen MR) is 61.9 cm³/mol. The third kappa shape index (κ3) is 3.51. The highest BCUT2D eigenvalue weighted by atomic mass is 16.3. The molecular weight excluding hydrogens is 206 g/mol. The van der Waals surface area contributed by atoms with Gasteiger partial charge >= 0.3 is 0 Å². The van der Waals surface area contributed by atoms with Crippen LogP contribution in [0.1, 0.15) is 23.8 Å². The van der Waals surface area contributed by atoms with Gasteiger partial charge in [-0.2, -0.15) is 0 Å². The van der Waals surface area contributed by atoms with Crippen molar-refractivity contribution < 1.29 is 9.90 Å². The van der Waals surface area contributed by atoms with E-state index in [1.54, 1.807) is 26.1 Å². The summed E-state index contributed by atoms with van der Waals surface area (Å²) >= 11 is 0. The molecule has 1 aromatic heterocycles. The minimum absolute atomic E-state index is 0.187. The van der Waals surface area contributed by atoms with Gasteiger partial charge in [-0.1, -0.05) is 0 Å². The number of carbonyl (C=O) groups excluding carboxylic acids is 1. The van der Waals surface area contributed by atoms with Crippen LogP contribution in [0.15, 0.2) is 18.3 Å². The van der Waals surface area contributed by atoms with Crippen LogP contribution in [0.5, 0.6) is 0 Å². The lowest BCUT2D eigenvalue weighted by molar-refractivity contribution is 0.0763. The molecule has 0 aromatic carbocycles. The maximum atomic E-state index is 11.8. The van der Waals surface area contributed by atoms with Gasteiger partial charge in [0.1, 0.15) is 5.69 Å². The minimum atomic E-state index is -0.413. The van der Waals surface area contributed by atoms with E-state index in [0.717, 1.165) is 0 Å². The Morgan fingerprint density at radius 3 is 2.94 bits per heavy atom. The van der Waals surface area contributed by atoms with Gasteiger partial charge in [0, 0.05) is 25.5 Å². The monoisotopic (exact) mass is 223 g/mol. The summed E-state index contributed by atoms with van der Waals surface area (Å²) in [6.07, 6.45) is 1.64. The van der Waals surface area contributed by atoms with E-state index in [2.05, 4.69) is 4.98 Å². The zero-order valence-corrected chi connectivity index (χ0v) is 9.55. The van der Waals surface area contributed by atoms with Crippen LogP contribution in [0.3, 0.4) is 0 Å².